The Morgan fingerprint density at radius 2 is 1.89 bits per heavy atom. The lowest BCUT2D eigenvalue weighted by molar-refractivity contribution is 0.0376. The number of aryl methyl sites for hydroxylation is 1. The molecule has 2 aromatic heterocycles. The fourth-order valence-corrected chi connectivity index (χ4v) is 2.79. The van der Waals surface area contributed by atoms with Crippen LogP contribution < -0.4 is 5.32 Å². The predicted octanol–water partition coefficient (Wildman–Crippen LogP) is 3.03. The van der Waals surface area contributed by atoms with Gasteiger partial charge in [0.2, 0.25) is 0 Å². The summed E-state index contributed by atoms with van der Waals surface area (Å²) in [5, 5.41) is 6.88. The van der Waals surface area contributed by atoms with Gasteiger partial charge < -0.3 is 15.0 Å². The normalized spacial score (nSPS) is 10.9. The first-order valence-electron chi connectivity index (χ1n) is 8.53. The number of ether oxygens (including phenoxy) is 1. The van der Waals surface area contributed by atoms with Gasteiger partial charge in [-0.15, -0.1) is 0 Å². The Kier molecular flexibility index (Phi) is 5.07. The van der Waals surface area contributed by atoms with E-state index in [0.29, 0.717) is 28.2 Å². The van der Waals surface area contributed by atoms with Crippen LogP contribution in [0.25, 0.3) is 5.69 Å². The number of nitrogens with zero attached hydrogens (tertiary/aromatic N) is 3. The highest BCUT2D eigenvalue weighted by Crippen LogP contribution is 2.21. The van der Waals surface area contributed by atoms with Gasteiger partial charge in [0.05, 0.1) is 17.4 Å². The molecular formula is C19H21N5O3. The van der Waals surface area contributed by atoms with E-state index in [-0.39, 0.29) is 12.0 Å². The zero-order valence-electron chi connectivity index (χ0n) is 15.6. The summed E-state index contributed by atoms with van der Waals surface area (Å²) in [6, 6.07) is 7.19. The molecule has 0 aliphatic carbocycles. The summed E-state index contributed by atoms with van der Waals surface area (Å²) in [5.74, 6) is -0.764. The number of carbonyl (C=O) groups excluding carboxylic acids is 2. The summed E-state index contributed by atoms with van der Waals surface area (Å²) in [6.45, 7) is 7.04. The van der Waals surface area contributed by atoms with Crippen molar-refractivity contribution < 1.29 is 14.3 Å². The first-order chi connectivity index (χ1) is 12.9. The van der Waals surface area contributed by atoms with E-state index in [1.165, 1.54) is 6.33 Å². The number of anilines is 1. The monoisotopic (exact) mass is 367 g/mol. The van der Waals surface area contributed by atoms with Crippen LogP contribution in [0.2, 0.25) is 0 Å². The van der Waals surface area contributed by atoms with E-state index in [9.17, 15) is 9.59 Å². The number of esters is 1. The van der Waals surface area contributed by atoms with Crippen LogP contribution in [0.3, 0.4) is 0 Å². The molecule has 8 heteroatoms. The van der Waals surface area contributed by atoms with E-state index >= 15 is 0 Å². The van der Waals surface area contributed by atoms with Crippen molar-refractivity contribution in [3.05, 3.63) is 59.4 Å². The van der Waals surface area contributed by atoms with Gasteiger partial charge in [0, 0.05) is 11.4 Å². The number of aromatic amines is 1. The van der Waals surface area contributed by atoms with Crippen LogP contribution in [0.1, 0.15) is 46.0 Å². The highest BCUT2D eigenvalue weighted by Gasteiger charge is 2.23. The molecule has 2 heterocycles. The molecule has 140 valence electrons. The van der Waals surface area contributed by atoms with Crippen molar-refractivity contribution >= 4 is 17.6 Å². The molecule has 0 spiro atoms. The van der Waals surface area contributed by atoms with Gasteiger partial charge in [-0.05, 0) is 57.5 Å². The maximum Gasteiger partial charge on any atom is 0.340 e. The van der Waals surface area contributed by atoms with Crippen LogP contribution in [0.5, 0.6) is 0 Å². The van der Waals surface area contributed by atoms with Crippen molar-refractivity contribution in [2.45, 2.75) is 33.8 Å². The Hall–Kier alpha value is -3.42. The van der Waals surface area contributed by atoms with Gasteiger partial charge in [0.15, 0.2) is 0 Å². The molecule has 27 heavy (non-hydrogen) atoms. The molecule has 1 amide bonds. The van der Waals surface area contributed by atoms with Crippen LogP contribution in [0.4, 0.5) is 5.69 Å². The molecule has 1 aromatic carbocycles. The molecule has 0 saturated heterocycles. The third-order valence-corrected chi connectivity index (χ3v) is 4.02. The van der Waals surface area contributed by atoms with Crippen molar-refractivity contribution in [2.24, 2.45) is 0 Å². The van der Waals surface area contributed by atoms with Crippen molar-refractivity contribution in [2.75, 3.05) is 5.32 Å². The summed E-state index contributed by atoms with van der Waals surface area (Å²) in [6.07, 6.45) is 2.82. The Bertz CT molecular complexity index is 956. The van der Waals surface area contributed by atoms with E-state index in [1.807, 2.05) is 12.1 Å². The molecule has 0 radical (unpaired) electrons. The molecule has 0 aliphatic heterocycles. The van der Waals surface area contributed by atoms with Crippen LogP contribution in [0.15, 0.2) is 36.9 Å². The van der Waals surface area contributed by atoms with Crippen molar-refractivity contribution in [1.82, 2.24) is 19.7 Å². The number of aromatic nitrogens is 4. The van der Waals surface area contributed by atoms with Gasteiger partial charge in [0.1, 0.15) is 18.3 Å². The van der Waals surface area contributed by atoms with E-state index in [4.69, 9.17) is 4.74 Å². The molecule has 0 aliphatic rings. The number of benzene rings is 1. The summed E-state index contributed by atoms with van der Waals surface area (Å²) in [5.41, 5.74) is 3.36. The highest BCUT2D eigenvalue weighted by molar-refractivity contribution is 6.06. The number of H-pyrrole nitrogens is 1. The quantitative estimate of drug-likeness (QED) is 0.675. The van der Waals surface area contributed by atoms with Crippen LogP contribution in [-0.2, 0) is 4.74 Å². The largest absolute Gasteiger partial charge is 0.459 e. The van der Waals surface area contributed by atoms with Gasteiger partial charge in [-0.25, -0.2) is 14.5 Å². The summed E-state index contributed by atoms with van der Waals surface area (Å²) >= 11 is 0. The molecule has 0 saturated carbocycles. The van der Waals surface area contributed by atoms with Gasteiger partial charge >= 0.3 is 5.97 Å². The summed E-state index contributed by atoms with van der Waals surface area (Å²) in [7, 11) is 0. The van der Waals surface area contributed by atoms with Gasteiger partial charge in [0.25, 0.3) is 5.91 Å². The second-order valence-corrected chi connectivity index (χ2v) is 6.42. The summed E-state index contributed by atoms with van der Waals surface area (Å²) < 4.78 is 6.88. The number of hydrogen-bond acceptors (Lipinski definition) is 5. The minimum Gasteiger partial charge on any atom is -0.459 e. The van der Waals surface area contributed by atoms with Crippen molar-refractivity contribution in [1.29, 1.82) is 0 Å². The first kappa shape index (κ1) is 18.4. The molecular weight excluding hydrogens is 346 g/mol. The Labute approximate surface area is 156 Å². The maximum atomic E-state index is 12.6. The van der Waals surface area contributed by atoms with E-state index < -0.39 is 5.97 Å². The average Bonchev–Trinajstić information content (AvgIpc) is 3.23. The van der Waals surface area contributed by atoms with Gasteiger partial charge in [-0.3, -0.25) is 4.79 Å². The minimum atomic E-state index is -0.438. The molecule has 0 atom stereocenters. The number of amides is 1. The van der Waals surface area contributed by atoms with Gasteiger partial charge in [-0.2, -0.15) is 5.10 Å². The third-order valence-electron chi connectivity index (χ3n) is 4.02. The Morgan fingerprint density at radius 3 is 2.48 bits per heavy atom. The summed E-state index contributed by atoms with van der Waals surface area (Å²) in [4.78, 5) is 31.8. The molecule has 3 aromatic rings. The zero-order chi connectivity index (χ0) is 19.6. The van der Waals surface area contributed by atoms with E-state index in [2.05, 4.69) is 20.4 Å². The number of carbonyl (C=O) groups is 2. The van der Waals surface area contributed by atoms with E-state index in [1.54, 1.807) is 50.8 Å². The van der Waals surface area contributed by atoms with Crippen LogP contribution in [-0.4, -0.2) is 37.7 Å². The SMILES string of the molecule is Cc1[nH]c(C(=O)Nc2ccc(-n3cncn3)cc2)c(C)c1C(=O)OC(C)C. The molecule has 0 fully saturated rings. The Balaban J connectivity index is 1.77. The molecule has 2 N–H and O–H groups in total. The first-order valence-corrected chi connectivity index (χ1v) is 8.53. The van der Waals surface area contributed by atoms with Gasteiger partial charge in [-0.1, -0.05) is 0 Å². The predicted molar refractivity (Wildman–Crippen MR) is 100 cm³/mol. The topological polar surface area (TPSA) is 102 Å². The number of nitrogens with one attached hydrogen (secondary N) is 2. The highest BCUT2D eigenvalue weighted by atomic mass is 16.5. The smallest absolute Gasteiger partial charge is 0.340 e. The maximum absolute atomic E-state index is 12.6. The lowest BCUT2D eigenvalue weighted by Gasteiger charge is -2.08. The molecule has 0 unspecified atom stereocenters. The van der Waals surface area contributed by atoms with Crippen LogP contribution in [0, 0.1) is 13.8 Å². The standard InChI is InChI=1S/C19H21N5O3/c1-11(2)27-19(26)16-12(3)17(22-13(16)4)18(25)23-14-5-7-15(8-6-14)24-10-20-9-21-24/h5-11,22H,1-4H3,(H,23,25). The van der Waals surface area contributed by atoms with E-state index in [0.717, 1.165) is 5.69 Å². The third kappa shape index (κ3) is 3.89. The van der Waals surface area contributed by atoms with Crippen molar-refractivity contribution in [3.8, 4) is 5.69 Å². The van der Waals surface area contributed by atoms with Crippen molar-refractivity contribution in [3.63, 3.8) is 0 Å². The lowest BCUT2D eigenvalue weighted by Crippen LogP contribution is -2.15. The van der Waals surface area contributed by atoms with Crippen LogP contribution >= 0.6 is 0 Å². The molecule has 0 bridgehead atoms. The fraction of sp³-hybridized carbons (Fsp3) is 0.263. The lowest BCUT2D eigenvalue weighted by atomic mass is 10.1. The fourth-order valence-electron chi connectivity index (χ4n) is 2.79. The number of hydrogen-bond donors (Lipinski definition) is 2. The average molecular weight is 367 g/mol. The second kappa shape index (κ2) is 7.45. The second-order valence-electron chi connectivity index (χ2n) is 6.42. The zero-order valence-corrected chi connectivity index (χ0v) is 15.6. The minimum absolute atomic E-state index is 0.230. The molecule has 8 nitrogen and oxygen atoms in total. The Morgan fingerprint density at radius 1 is 1.19 bits per heavy atom. The number of rotatable bonds is 5. The molecule has 3 rings (SSSR count).